The third-order valence-corrected chi connectivity index (χ3v) is 3.34. The fourth-order valence-corrected chi connectivity index (χ4v) is 2.02. The molecule has 0 aliphatic heterocycles. The van der Waals surface area contributed by atoms with Crippen molar-refractivity contribution in [2.45, 2.75) is 12.5 Å². The standard InChI is InChI=1S/C11H14ClN3O3S/c1-19-5-4-9(13)11(16)14-7-2-3-8(12)10(6-7)15(17)18/h2-3,6,9H,4-5,13H2,1H3,(H,14,16)/t9-/m0/s1. The SMILES string of the molecule is CSCC[C@H](N)C(=O)Nc1ccc(Cl)c([N+](=O)[O-])c1. The molecule has 0 unspecified atom stereocenters. The zero-order chi connectivity index (χ0) is 14.4. The minimum atomic E-state index is -0.637. The van der Waals surface area contributed by atoms with Crippen LogP contribution in [0.25, 0.3) is 0 Å². The Hall–Kier alpha value is -1.31. The Morgan fingerprint density at radius 2 is 2.32 bits per heavy atom. The highest BCUT2D eigenvalue weighted by Crippen LogP contribution is 2.27. The molecule has 8 heteroatoms. The molecule has 0 aliphatic carbocycles. The number of carbonyl (C=O) groups is 1. The molecule has 104 valence electrons. The van der Waals surface area contributed by atoms with E-state index in [1.54, 1.807) is 11.8 Å². The van der Waals surface area contributed by atoms with E-state index in [1.165, 1.54) is 18.2 Å². The van der Waals surface area contributed by atoms with Crippen molar-refractivity contribution < 1.29 is 9.72 Å². The summed E-state index contributed by atoms with van der Waals surface area (Å²) in [6.45, 7) is 0. The Morgan fingerprint density at radius 1 is 1.63 bits per heavy atom. The molecule has 0 aliphatic rings. The van der Waals surface area contributed by atoms with E-state index in [1.807, 2.05) is 6.26 Å². The summed E-state index contributed by atoms with van der Waals surface area (Å²) in [4.78, 5) is 21.8. The Balaban J connectivity index is 2.74. The number of nitro benzene ring substituents is 1. The van der Waals surface area contributed by atoms with E-state index in [2.05, 4.69) is 5.32 Å². The van der Waals surface area contributed by atoms with E-state index in [0.29, 0.717) is 12.1 Å². The summed E-state index contributed by atoms with van der Waals surface area (Å²) >= 11 is 7.27. The molecule has 1 atom stereocenters. The van der Waals surface area contributed by atoms with Crippen LogP contribution in [0.5, 0.6) is 0 Å². The lowest BCUT2D eigenvalue weighted by Gasteiger charge is -2.11. The number of halogens is 1. The van der Waals surface area contributed by atoms with Crippen molar-refractivity contribution in [3.8, 4) is 0 Å². The number of anilines is 1. The van der Waals surface area contributed by atoms with E-state index < -0.39 is 11.0 Å². The van der Waals surface area contributed by atoms with Crippen LogP contribution in [0, 0.1) is 10.1 Å². The maximum atomic E-state index is 11.7. The lowest BCUT2D eigenvalue weighted by Crippen LogP contribution is -2.36. The first kappa shape index (κ1) is 15.7. The fourth-order valence-electron chi connectivity index (χ4n) is 1.34. The zero-order valence-corrected chi connectivity index (χ0v) is 11.8. The van der Waals surface area contributed by atoms with E-state index in [4.69, 9.17) is 17.3 Å². The van der Waals surface area contributed by atoms with Gasteiger partial charge < -0.3 is 11.1 Å². The average Bonchev–Trinajstić information content (AvgIpc) is 2.37. The van der Waals surface area contributed by atoms with E-state index >= 15 is 0 Å². The van der Waals surface area contributed by atoms with Crippen LogP contribution < -0.4 is 11.1 Å². The number of hydrogen-bond acceptors (Lipinski definition) is 5. The highest BCUT2D eigenvalue weighted by molar-refractivity contribution is 7.98. The highest BCUT2D eigenvalue weighted by Gasteiger charge is 2.16. The van der Waals surface area contributed by atoms with Gasteiger partial charge in [0.05, 0.1) is 11.0 Å². The van der Waals surface area contributed by atoms with Crippen LogP contribution in [0.4, 0.5) is 11.4 Å². The molecule has 3 N–H and O–H groups in total. The number of nitrogens with one attached hydrogen (secondary N) is 1. The predicted octanol–water partition coefficient (Wildman–Crippen LogP) is 2.27. The second-order valence-corrected chi connectivity index (χ2v) is 5.19. The number of carbonyl (C=O) groups excluding carboxylic acids is 1. The summed E-state index contributed by atoms with van der Waals surface area (Å²) in [6.07, 6.45) is 2.47. The Kier molecular flexibility index (Phi) is 6.07. The molecular formula is C11H14ClN3O3S. The normalized spacial score (nSPS) is 11.9. The monoisotopic (exact) mass is 303 g/mol. The van der Waals surface area contributed by atoms with Gasteiger partial charge in [-0.25, -0.2) is 0 Å². The Labute approximate surface area is 119 Å². The van der Waals surface area contributed by atoms with Crippen LogP contribution in [0.1, 0.15) is 6.42 Å². The van der Waals surface area contributed by atoms with Crippen molar-refractivity contribution in [1.82, 2.24) is 0 Å². The van der Waals surface area contributed by atoms with Crippen molar-refractivity contribution in [1.29, 1.82) is 0 Å². The summed E-state index contributed by atoms with van der Waals surface area (Å²) in [6, 6.07) is 3.43. The lowest BCUT2D eigenvalue weighted by molar-refractivity contribution is -0.384. The maximum Gasteiger partial charge on any atom is 0.289 e. The summed E-state index contributed by atoms with van der Waals surface area (Å²) < 4.78 is 0. The van der Waals surface area contributed by atoms with Crippen molar-refractivity contribution in [2.24, 2.45) is 5.73 Å². The van der Waals surface area contributed by atoms with Gasteiger partial charge in [0.2, 0.25) is 5.91 Å². The van der Waals surface area contributed by atoms with Gasteiger partial charge in [0.1, 0.15) is 5.02 Å². The van der Waals surface area contributed by atoms with Gasteiger partial charge in [0, 0.05) is 11.8 Å². The molecule has 0 aromatic heterocycles. The maximum absolute atomic E-state index is 11.7. The number of nitrogens with two attached hydrogens (primary N) is 1. The number of amides is 1. The molecule has 0 radical (unpaired) electrons. The number of nitrogens with zero attached hydrogens (tertiary/aromatic N) is 1. The molecule has 0 saturated heterocycles. The molecule has 1 aromatic rings. The van der Waals surface area contributed by atoms with Gasteiger partial charge in [0.25, 0.3) is 5.69 Å². The van der Waals surface area contributed by atoms with Crippen molar-refractivity contribution in [3.05, 3.63) is 33.3 Å². The van der Waals surface area contributed by atoms with E-state index in [0.717, 1.165) is 5.75 Å². The number of nitro groups is 1. The number of rotatable bonds is 6. The number of thioether (sulfide) groups is 1. The predicted molar refractivity (Wildman–Crippen MR) is 77.7 cm³/mol. The van der Waals surface area contributed by atoms with Gasteiger partial charge in [-0.15, -0.1) is 0 Å². The van der Waals surface area contributed by atoms with Crippen LogP contribution in [-0.4, -0.2) is 28.9 Å². The van der Waals surface area contributed by atoms with Gasteiger partial charge in [0.15, 0.2) is 0 Å². The van der Waals surface area contributed by atoms with Crippen LogP contribution in [0.2, 0.25) is 5.02 Å². The third kappa shape index (κ3) is 4.70. The summed E-state index contributed by atoms with van der Waals surface area (Å²) in [5.41, 5.74) is 5.75. The van der Waals surface area contributed by atoms with Crippen molar-refractivity contribution in [2.75, 3.05) is 17.3 Å². The molecule has 0 fully saturated rings. The Bertz CT molecular complexity index is 484. The van der Waals surface area contributed by atoms with Crippen molar-refractivity contribution in [3.63, 3.8) is 0 Å². The minimum Gasteiger partial charge on any atom is -0.324 e. The molecule has 0 bridgehead atoms. The van der Waals surface area contributed by atoms with Gasteiger partial charge >= 0.3 is 0 Å². The van der Waals surface area contributed by atoms with Crippen LogP contribution in [0.15, 0.2) is 18.2 Å². The number of hydrogen-bond donors (Lipinski definition) is 2. The second-order valence-electron chi connectivity index (χ2n) is 3.80. The topological polar surface area (TPSA) is 98.3 Å². The molecule has 0 saturated carbocycles. The first-order chi connectivity index (χ1) is 8.95. The molecule has 0 spiro atoms. The largest absolute Gasteiger partial charge is 0.324 e. The van der Waals surface area contributed by atoms with E-state index in [-0.39, 0.29) is 16.6 Å². The Morgan fingerprint density at radius 3 is 2.89 bits per heavy atom. The second kappa shape index (κ2) is 7.32. The summed E-state index contributed by atoms with van der Waals surface area (Å²) in [5, 5.41) is 13.3. The minimum absolute atomic E-state index is 0.0229. The van der Waals surface area contributed by atoms with Crippen LogP contribution in [-0.2, 0) is 4.79 Å². The average molecular weight is 304 g/mol. The first-order valence-electron chi connectivity index (χ1n) is 5.45. The smallest absolute Gasteiger partial charge is 0.289 e. The van der Waals surface area contributed by atoms with Crippen LogP contribution >= 0.6 is 23.4 Å². The zero-order valence-electron chi connectivity index (χ0n) is 10.3. The quantitative estimate of drug-likeness (QED) is 0.620. The van der Waals surface area contributed by atoms with E-state index in [9.17, 15) is 14.9 Å². The fraction of sp³-hybridized carbons (Fsp3) is 0.364. The third-order valence-electron chi connectivity index (χ3n) is 2.38. The number of benzene rings is 1. The van der Waals surface area contributed by atoms with Gasteiger partial charge in [-0.1, -0.05) is 11.6 Å². The van der Waals surface area contributed by atoms with Gasteiger partial charge in [-0.3, -0.25) is 14.9 Å². The summed E-state index contributed by atoms with van der Waals surface area (Å²) in [5.74, 6) is 0.403. The van der Waals surface area contributed by atoms with Crippen LogP contribution in [0.3, 0.4) is 0 Å². The van der Waals surface area contributed by atoms with Crippen molar-refractivity contribution >= 4 is 40.6 Å². The molecule has 6 nitrogen and oxygen atoms in total. The molecule has 1 rings (SSSR count). The van der Waals surface area contributed by atoms with Gasteiger partial charge in [-0.05, 0) is 30.6 Å². The lowest BCUT2D eigenvalue weighted by atomic mass is 10.2. The first-order valence-corrected chi connectivity index (χ1v) is 7.22. The molecule has 1 amide bonds. The molecule has 1 aromatic carbocycles. The highest BCUT2D eigenvalue weighted by atomic mass is 35.5. The molecule has 0 heterocycles. The molecule has 19 heavy (non-hydrogen) atoms. The van der Waals surface area contributed by atoms with Gasteiger partial charge in [-0.2, -0.15) is 11.8 Å². The molecular weight excluding hydrogens is 290 g/mol. The summed E-state index contributed by atoms with van der Waals surface area (Å²) in [7, 11) is 0.